The van der Waals surface area contributed by atoms with Gasteiger partial charge in [0.1, 0.15) is 0 Å². The molecule has 0 spiro atoms. The summed E-state index contributed by atoms with van der Waals surface area (Å²) in [5.74, 6) is 0. The molecule has 1 radical (unpaired) electrons. The van der Waals surface area contributed by atoms with Crippen LogP contribution in [0.1, 0.15) is 12.6 Å². The maximum Gasteiger partial charge on any atom is 2.00 e. The molecule has 0 saturated carbocycles. The Labute approximate surface area is 65.0 Å². The molecule has 0 aliphatic rings. The summed E-state index contributed by atoms with van der Waals surface area (Å²) in [5.41, 5.74) is 0.750. The topological polar surface area (TPSA) is 51.6 Å². The van der Waals surface area contributed by atoms with Gasteiger partial charge in [0.05, 0.1) is 0 Å². The van der Waals surface area contributed by atoms with E-state index in [9.17, 15) is 0 Å². The second kappa shape index (κ2) is 4.41. The van der Waals surface area contributed by atoms with E-state index >= 15 is 0 Å². The Hall–Kier alpha value is -0.476. The van der Waals surface area contributed by atoms with Crippen molar-refractivity contribution >= 4 is 0 Å². The van der Waals surface area contributed by atoms with Gasteiger partial charge < -0.3 is 11.3 Å². The number of aromatic nitrogens is 4. The quantitative estimate of drug-likeness (QED) is 0.526. The molecule has 0 aromatic carbocycles. The third-order valence-corrected chi connectivity index (χ3v) is 0.764. The zero-order chi connectivity index (χ0) is 5.82. The van der Waals surface area contributed by atoms with Gasteiger partial charge in [-0.2, -0.15) is 5.10 Å². The smallest absolute Gasteiger partial charge is 0.348 e. The minimum Gasteiger partial charge on any atom is -0.348 e. The summed E-state index contributed by atoms with van der Waals surface area (Å²) in [6.45, 7) is 1.96. The number of nitrogens with zero attached hydrogens (tertiary/aromatic N) is 4. The SMILES string of the molecule is CCc1[c-]nnnn1.[V+2]. The molecule has 1 aromatic rings. The van der Waals surface area contributed by atoms with Crippen molar-refractivity contribution in [1.82, 2.24) is 20.6 Å². The standard InChI is InChI=1S/C4H5N4.V/c1-2-4-3-5-7-8-6-4;/h2H2,1H3;/q-1;+2. The van der Waals surface area contributed by atoms with Crippen molar-refractivity contribution in [1.29, 1.82) is 0 Å². The van der Waals surface area contributed by atoms with Gasteiger partial charge in [-0.15, -0.1) is 0 Å². The Morgan fingerprint density at radius 3 is 2.56 bits per heavy atom. The van der Waals surface area contributed by atoms with Crippen LogP contribution in [-0.4, -0.2) is 20.6 Å². The fourth-order valence-electron chi connectivity index (χ4n) is 0.346. The molecule has 0 bridgehead atoms. The van der Waals surface area contributed by atoms with Crippen LogP contribution < -0.4 is 0 Å². The first-order valence-electron chi connectivity index (χ1n) is 2.36. The van der Waals surface area contributed by atoms with Gasteiger partial charge >= 0.3 is 18.6 Å². The number of hydrogen-bond donors (Lipinski definition) is 0. The molecule has 0 atom stereocenters. The van der Waals surface area contributed by atoms with Crippen molar-refractivity contribution in [2.45, 2.75) is 13.3 Å². The molecule has 0 saturated heterocycles. The molecule has 1 aromatic heterocycles. The zero-order valence-electron chi connectivity index (χ0n) is 4.94. The third kappa shape index (κ3) is 2.53. The Bertz CT molecular complexity index is 154. The monoisotopic (exact) mass is 160 g/mol. The van der Waals surface area contributed by atoms with Crippen molar-refractivity contribution in [2.75, 3.05) is 0 Å². The molecule has 0 aliphatic heterocycles. The maximum absolute atomic E-state index is 3.62. The summed E-state index contributed by atoms with van der Waals surface area (Å²) < 4.78 is 0. The number of rotatable bonds is 1. The number of aryl methyl sites for hydroxylation is 1. The first-order valence-corrected chi connectivity index (χ1v) is 2.36. The van der Waals surface area contributed by atoms with Gasteiger partial charge in [-0.05, 0) is 11.6 Å². The molecule has 5 heteroatoms. The van der Waals surface area contributed by atoms with Gasteiger partial charge in [0.2, 0.25) is 0 Å². The molecule has 9 heavy (non-hydrogen) atoms. The third-order valence-electron chi connectivity index (χ3n) is 0.764. The molecular formula is C4H5N4V+. The molecule has 1 rings (SSSR count). The summed E-state index contributed by atoms with van der Waals surface area (Å²) in [6, 6.07) is 0. The molecule has 45 valence electrons. The molecule has 0 unspecified atom stereocenters. The summed E-state index contributed by atoms with van der Waals surface area (Å²) in [7, 11) is 0. The van der Waals surface area contributed by atoms with Gasteiger partial charge in [0, 0.05) is 0 Å². The van der Waals surface area contributed by atoms with Crippen molar-refractivity contribution in [2.24, 2.45) is 0 Å². The predicted octanol–water partition coefficient (Wildman–Crippen LogP) is -0.373. The van der Waals surface area contributed by atoms with E-state index in [0.29, 0.717) is 0 Å². The van der Waals surface area contributed by atoms with Crippen LogP contribution in [0.3, 0.4) is 0 Å². The molecule has 1 heterocycles. The van der Waals surface area contributed by atoms with E-state index in [2.05, 4.69) is 26.8 Å². The fourth-order valence-corrected chi connectivity index (χ4v) is 0.346. The average Bonchev–Trinajstić information content (AvgIpc) is 1.90. The van der Waals surface area contributed by atoms with Crippen LogP contribution in [0.4, 0.5) is 0 Å². The van der Waals surface area contributed by atoms with E-state index in [1.165, 1.54) is 0 Å². The van der Waals surface area contributed by atoms with Crippen LogP contribution in [0, 0.1) is 6.20 Å². The fraction of sp³-hybridized carbons (Fsp3) is 0.500. The van der Waals surface area contributed by atoms with Crippen LogP contribution >= 0.6 is 0 Å². The first kappa shape index (κ1) is 8.52. The van der Waals surface area contributed by atoms with Gasteiger partial charge in [0.15, 0.2) is 0 Å². The van der Waals surface area contributed by atoms with E-state index in [0.717, 1.165) is 12.1 Å². The van der Waals surface area contributed by atoms with Crippen LogP contribution in [-0.2, 0) is 25.0 Å². The minimum absolute atomic E-state index is 0. The van der Waals surface area contributed by atoms with Crippen LogP contribution in [0.2, 0.25) is 0 Å². The molecule has 0 aliphatic carbocycles. The number of hydrogen-bond acceptors (Lipinski definition) is 4. The largest absolute Gasteiger partial charge is 2.00 e. The summed E-state index contributed by atoms with van der Waals surface area (Å²) in [4.78, 5) is 0. The summed E-state index contributed by atoms with van der Waals surface area (Å²) in [5, 5.41) is 13.6. The average molecular weight is 160 g/mol. The Kier molecular flexibility index (Phi) is 4.17. The van der Waals surface area contributed by atoms with Gasteiger partial charge in [-0.25, -0.2) is 0 Å². The van der Waals surface area contributed by atoms with Gasteiger partial charge in [-0.3, -0.25) is 0 Å². The van der Waals surface area contributed by atoms with E-state index in [4.69, 9.17) is 0 Å². The van der Waals surface area contributed by atoms with Gasteiger partial charge in [-0.1, -0.05) is 17.8 Å². The van der Waals surface area contributed by atoms with Crippen molar-refractivity contribution in [3.63, 3.8) is 0 Å². The Balaban J connectivity index is 0.000000640. The second-order valence-corrected chi connectivity index (χ2v) is 1.29. The van der Waals surface area contributed by atoms with E-state index in [-0.39, 0.29) is 18.6 Å². The van der Waals surface area contributed by atoms with E-state index < -0.39 is 0 Å². The second-order valence-electron chi connectivity index (χ2n) is 1.29. The van der Waals surface area contributed by atoms with Crippen molar-refractivity contribution in [3.05, 3.63) is 11.9 Å². The van der Waals surface area contributed by atoms with Crippen LogP contribution in [0.15, 0.2) is 0 Å². The predicted molar refractivity (Wildman–Crippen MR) is 25.8 cm³/mol. The minimum atomic E-state index is 0. The molecular weight excluding hydrogens is 155 g/mol. The summed E-state index contributed by atoms with van der Waals surface area (Å²) >= 11 is 0. The molecule has 0 N–H and O–H groups in total. The van der Waals surface area contributed by atoms with Crippen LogP contribution in [0.5, 0.6) is 0 Å². The Morgan fingerprint density at radius 2 is 2.22 bits per heavy atom. The molecule has 4 nitrogen and oxygen atoms in total. The maximum atomic E-state index is 3.62. The van der Waals surface area contributed by atoms with Crippen molar-refractivity contribution in [3.8, 4) is 0 Å². The van der Waals surface area contributed by atoms with E-state index in [1.807, 2.05) is 6.92 Å². The van der Waals surface area contributed by atoms with E-state index in [1.54, 1.807) is 0 Å². The van der Waals surface area contributed by atoms with Crippen LogP contribution in [0.25, 0.3) is 0 Å². The molecule has 0 amide bonds. The van der Waals surface area contributed by atoms with Crippen molar-refractivity contribution < 1.29 is 18.6 Å². The Morgan fingerprint density at radius 1 is 1.44 bits per heavy atom. The first-order chi connectivity index (χ1) is 3.93. The normalized spacial score (nSPS) is 8.11. The zero-order valence-corrected chi connectivity index (χ0v) is 6.34. The van der Waals surface area contributed by atoms with Gasteiger partial charge in [0.25, 0.3) is 0 Å². The molecule has 0 fully saturated rings. The summed E-state index contributed by atoms with van der Waals surface area (Å²) in [6.07, 6.45) is 3.39.